The highest BCUT2D eigenvalue weighted by Crippen LogP contribution is 2.40. The molecule has 1 heterocycles. The number of hydrogen-bond acceptors (Lipinski definition) is 3. The maximum Gasteiger partial charge on any atom is 0.276 e. The van der Waals surface area contributed by atoms with E-state index in [0.29, 0.717) is 24.7 Å². The van der Waals surface area contributed by atoms with Gasteiger partial charge in [0.2, 0.25) is 0 Å². The van der Waals surface area contributed by atoms with Gasteiger partial charge in [-0.25, -0.2) is 0 Å². The normalized spacial score (nSPS) is 13.5. The molecular weight excluding hydrogens is 324 g/mol. The number of hydrogen-bond donors (Lipinski definition) is 0. The molecule has 2 aromatic carbocycles. The van der Waals surface area contributed by atoms with E-state index in [9.17, 15) is 4.79 Å². The fourth-order valence-corrected chi connectivity index (χ4v) is 3.08. The predicted octanol–water partition coefficient (Wildman–Crippen LogP) is 4.44. The van der Waals surface area contributed by atoms with Gasteiger partial charge in [-0.3, -0.25) is 4.79 Å². The molecule has 1 amide bonds. The standard InChI is InChI=1S/C22H22N2O2/c25-22(20-15-21(26-23-20)19-11-12-19)24(16-18-9-5-2-6-10-18)14-13-17-7-3-1-4-8-17/h1-10,15,19H,11-14,16H2. The summed E-state index contributed by atoms with van der Waals surface area (Å²) in [5, 5.41) is 4.03. The molecule has 4 nitrogen and oxygen atoms in total. The molecule has 1 aliphatic rings. The van der Waals surface area contributed by atoms with Crippen molar-refractivity contribution in [2.45, 2.75) is 31.7 Å². The Labute approximate surface area is 153 Å². The summed E-state index contributed by atoms with van der Waals surface area (Å²) in [4.78, 5) is 14.9. The van der Waals surface area contributed by atoms with Gasteiger partial charge in [0.05, 0.1) is 0 Å². The van der Waals surface area contributed by atoms with Gasteiger partial charge >= 0.3 is 0 Å². The molecule has 0 unspecified atom stereocenters. The van der Waals surface area contributed by atoms with Crippen LogP contribution in [-0.4, -0.2) is 22.5 Å². The van der Waals surface area contributed by atoms with Crippen LogP contribution in [0.3, 0.4) is 0 Å². The van der Waals surface area contributed by atoms with Gasteiger partial charge < -0.3 is 9.42 Å². The molecule has 3 aromatic rings. The average Bonchev–Trinajstić information content (AvgIpc) is 3.43. The third-order valence-electron chi connectivity index (χ3n) is 4.74. The minimum absolute atomic E-state index is 0.0690. The van der Waals surface area contributed by atoms with Crippen molar-refractivity contribution in [3.8, 4) is 0 Å². The predicted molar refractivity (Wildman–Crippen MR) is 99.8 cm³/mol. The van der Waals surface area contributed by atoms with E-state index in [-0.39, 0.29) is 5.91 Å². The SMILES string of the molecule is O=C(c1cc(C2CC2)on1)N(CCc1ccccc1)Cc1ccccc1. The Bertz CT molecular complexity index is 854. The van der Waals surface area contributed by atoms with Gasteiger partial charge in [0.25, 0.3) is 5.91 Å². The first-order valence-electron chi connectivity index (χ1n) is 9.13. The van der Waals surface area contributed by atoms with Crippen LogP contribution in [0.15, 0.2) is 71.3 Å². The first-order valence-corrected chi connectivity index (χ1v) is 9.13. The summed E-state index contributed by atoms with van der Waals surface area (Å²) in [6.07, 6.45) is 3.07. The molecule has 0 atom stereocenters. The maximum absolute atomic E-state index is 13.0. The molecule has 0 saturated heterocycles. The molecule has 0 spiro atoms. The first-order chi connectivity index (χ1) is 12.8. The topological polar surface area (TPSA) is 46.3 Å². The smallest absolute Gasteiger partial charge is 0.276 e. The van der Waals surface area contributed by atoms with Crippen molar-refractivity contribution in [3.05, 3.63) is 89.3 Å². The van der Waals surface area contributed by atoms with E-state index in [0.717, 1.165) is 30.6 Å². The van der Waals surface area contributed by atoms with Crippen LogP contribution in [0.4, 0.5) is 0 Å². The van der Waals surface area contributed by atoms with Crippen LogP contribution in [0, 0.1) is 0 Å². The van der Waals surface area contributed by atoms with Crippen LogP contribution in [0.2, 0.25) is 0 Å². The highest BCUT2D eigenvalue weighted by atomic mass is 16.5. The van der Waals surface area contributed by atoms with Crippen LogP contribution >= 0.6 is 0 Å². The van der Waals surface area contributed by atoms with Gasteiger partial charge in [0.1, 0.15) is 5.76 Å². The second-order valence-corrected chi connectivity index (χ2v) is 6.84. The summed E-state index contributed by atoms with van der Waals surface area (Å²) in [5.74, 6) is 1.23. The summed E-state index contributed by atoms with van der Waals surface area (Å²) in [7, 11) is 0. The lowest BCUT2D eigenvalue weighted by Gasteiger charge is -2.22. The van der Waals surface area contributed by atoms with Crippen molar-refractivity contribution in [2.75, 3.05) is 6.54 Å². The van der Waals surface area contributed by atoms with Crippen molar-refractivity contribution in [2.24, 2.45) is 0 Å². The number of benzene rings is 2. The van der Waals surface area contributed by atoms with E-state index in [4.69, 9.17) is 4.52 Å². The van der Waals surface area contributed by atoms with E-state index in [1.807, 2.05) is 59.5 Å². The molecule has 0 aliphatic heterocycles. The molecule has 0 bridgehead atoms. The second kappa shape index (κ2) is 7.56. The fourth-order valence-electron chi connectivity index (χ4n) is 3.08. The van der Waals surface area contributed by atoms with Crippen molar-refractivity contribution in [3.63, 3.8) is 0 Å². The third kappa shape index (κ3) is 4.02. The first kappa shape index (κ1) is 16.6. The van der Waals surface area contributed by atoms with Gasteiger partial charge in [-0.05, 0) is 30.4 Å². The van der Waals surface area contributed by atoms with Crippen molar-refractivity contribution in [1.29, 1.82) is 0 Å². The summed E-state index contributed by atoms with van der Waals surface area (Å²) in [5.41, 5.74) is 2.74. The number of rotatable bonds is 7. The molecule has 4 heteroatoms. The van der Waals surface area contributed by atoms with Crippen LogP contribution in [-0.2, 0) is 13.0 Å². The zero-order valence-corrected chi connectivity index (χ0v) is 14.7. The van der Waals surface area contributed by atoms with Gasteiger partial charge in [0.15, 0.2) is 5.69 Å². The van der Waals surface area contributed by atoms with Crippen LogP contribution in [0.1, 0.15) is 46.1 Å². The van der Waals surface area contributed by atoms with Crippen molar-refractivity contribution < 1.29 is 9.32 Å². The molecule has 0 N–H and O–H groups in total. The molecule has 1 aromatic heterocycles. The Hall–Kier alpha value is -2.88. The lowest BCUT2D eigenvalue weighted by atomic mass is 10.1. The number of aromatic nitrogens is 1. The highest BCUT2D eigenvalue weighted by molar-refractivity contribution is 5.92. The Morgan fingerprint density at radius 1 is 1.00 bits per heavy atom. The summed E-state index contributed by atoms with van der Waals surface area (Å²) < 4.78 is 5.38. The minimum atomic E-state index is -0.0690. The van der Waals surface area contributed by atoms with E-state index in [2.05, 4.69) is 17.3 Å². The summed E-state index contributed by atoms with van der Waals surface area (Å²) in [6, 6.07) is 22.1. The van der Waals surface area contributed by atoms with Gasteiger partial charge in [-0.2, -0.15) is 0 Å². The molecule has 1 saturated carbocycles. The molecule has 26 heavy (non-hydrogen) atoms. The van der Waals surface area contributed by atoms with Crippen LogP contribution in [0.5, 0.6) is 0 Å². The average molecular weight is 346 g/mol. The number of nitrogens with zero attached hydrogens (tertiary/aromatic N) is 2. The largest absolute Gasteiger partial charge is 0.360 e. The quantitative estimate of drug-likeness (QED) is 0.635. The summed E-state index contributed by atoms with van der Waals surface area (Å²) in [6.45, 7) is 1.21. The summed E-state index contributed by atoms with van der Waals surface area (Å²) >= 11 is 0. The fraction of sp³-hybridized carbons (Fsp3) is 0.273. The molecule has 4 rings (SSSR count). The van der Waals surface area contributed by atoms with Gasteiger partial charge in [-0.1, -0.05) is 65.8 Å². The monoisotopic (exact) mass is 346 g/mol. The Balaban J connectivity index is 1.51. The van der Waals surface area contributed by atoms with Crippen LogP contribution < -0.4 is 0 Å². The Kier molecular flexibility index (Phi) is 4.82. The minimum Gasteiger partial charge on any atom is -0.360 e. The molecule has 132 valence electrons. The zero-order chi connectivity index (χ0) is 17.8. The van der Waals surface area contributed by atoms with E-state index < -0.39 is 0 Å². The highest BCUT2D eigenvalue weighted by Gasteiger charge is 2.29. The van der Waals surface area contributed by atoms with Crippen molar-refractivity contribution >= 4 is 5.91 Å². The molecule has 1 aliphatic carbocycles. The Morgan fingerprint density at radius 3 is 2.31 bits per heavy atom. The number of carbonyl (C=O) groups excluding carboxylic acids is 1. The van der Waals surface area contributed by atoms with E-state index >= 15 is 0 Å². The molecule has 0 radical (unpaired) electrons. The van der Waals surface area contributed by atoms with Crippen LogP contribution in [0.25, 0.3) is 0 Å². The zero-order valence-electron chi connectivity index (χ0n) is 14.7. The van der Waals surface area contributed by atoms with E-state index in [1.165, 1.54) is 5.56 Å². The maximum atomic E-state index is 13.0. The second-order valence-electron chi connectivity index (χ2n) is 6.84. The molecule has 1 fully saturated rings. The lowest BCUT2D eigenvalue weighted by Crippen LogP contribution is -2.32. The molecular formula is C22H22N2O2. The third-order valence-corrected chi connectivity index (χ3v) is 4.74. The Morgan fingerprint density at radius 2 is 1.65 bits per heavy atom. The van der Waals surface area contributed by atoms with Gasteiger partial charge in [0, 0.05) is 25.1 Å². The number of carbonyl (C=O) groups is 1. The number of amides is 1. The van der Waals surface area contributed by atoms with Gasteiger partial charge in [-0.15, -0.1) is 0 Å². The lowest BCUT2D eigenvalue weighted by molar-refractivity contribution is 0.0734. The van der Waals surface area contributed by atoms with Crippen molar-refractivity contribution in [1.82, 2.24) is 10.1 Å². The van der Waals surface area contributed by atoms with E-state index in [1.54, 1.807) is 0 Å².